The lowest BCUT2D eigenvalue weighted by Gasteiger charge is -2.04. The smallest absolute Gasteiger partial charge is 0.366 e. The summed E-state index contributed by atoms with van der Waals surface area (Å²) < 4.78 is 25.6. The zero-order valence-corrected chi connectivity index (χ0v) is 8.98. The largest absolute Gasteiger partial charge is 0.373 e. The Kier molecular flexibility index (Phi) is 3.18. The van der Waals surface area contributed by atoms with E-state index < -0.39 is 16.6 Å². The Morgan fingerprint density at radius 1 is 1.39 bits per heavy atom. The van der Waals surface area contributed by atoms with Crippen LogP contribution in [0.1, 0.15) is 5.56 Å². The predicted molar refractivity (Wildman–Crippen MR) is 58.9 cm³/mol. The maximum Gasteiger partial charge on any atom is 0.366 e. The van der Waals surface area contributed by atoms with E-state index in [1.165, 1.54) is 12.3 Å². The van der Waals surface area contributed by atoms with E-state index in [0.717, 1.165) is 12.1 Å². The van der Waals surface area contributed by atoms with Crippen LogP contribution < -0.4 is 5.32 Å². The molecular weight excluding hydrogens is 246 g/mol. The van der Waals surface area contributed by atoms with E-state index in [9.17, 15) is 18.9 Å². The highest BCUT2D eigenvalue weighted by Crippen LogP contribution is 2.20. The molecule has 2 rings (SSSR count). The fraction of sp³-hybridized carbons (Fsp3) is 0.100. The minimum absolute atomic E-state index is 0.123. The van der Waals surface area contributed by atoms with Gasteiger partial charge in [0, 0.05) is 6.54 Å². The van der Waals surface area contributed by atoms with E-state index in [1.807, 2.05) is 0 Å². The normalized spacial score (nSPS) is 10.3. The van der Waals surface area contributed by atoms with Crippen LogP contribution in [0.2, 0.25) is 0 Å². The van der Waals surface area contributed by atoms with Crippen LogP contribution in [0.4, 0.5) is 20.3 Å². The second-order valence-electron chi connectivity index (χ2n) is 3.49. The number of nitrogens with zero attached hydrogens (tertiary/aromatic N) is 2. The van der Waals surface area contributed by atoms with Crippen LogP contribution in [0.15, 0.2) is 24.4 Å². The zero-order chi connectivity index (χ0) is 13.1. The quantitative estimate of drug-likeness (QED) is 0.647. The van der Waals surface area contributed by atoms with Gasteiger partial charge in [-0.3, -0.25) is 0 Å². The van der Waals surface area contributed by atoms with Crippen molar-refractivity contribution in [1.29, 1.82) is 0 Å². The van der Waals surface area contributed by atoms with Gasteiger partial charge in [0.15, 0.2) is 17.3 Å². The minimum atomic E-state index is -0.962. The maximum absolute atomic E-state index is 12.9. The maximum atomic E-state index is 12.9. The number of hydrogen-bond acceptors (Lipinski definition) is 4. The Morgan fingerprint density at radius 3 is 2.83 bits per heavy atom. The van der Waals surface area contributed by atoms with Gasteiger partial charge >= 0.3 is 5.82 Å². The molecule has 0 spiro atoms. The number of benzene rings is 1. The van der Waals surface area contributed by atoms with Gasteiger partial charge in [-0.1, -0.05) is 11.2 Å². The average molecular weight is 254 g/mol. The van der Waals surface area contributed by atoms with E-state index in [-0.39, 0.29) is 18.1 Å². The van der Waals surface area contributed by atoms with Crippen molar-refractivity contribution in [2.24, 2.45) is 0 Å². The van der Waals surface area contributed by atoms with Crippen molar-refractivity contribution >= 4 is 11.5 Å². The van der Waals surface area contributed by atoms with Crippen molar-refractivity contribution in [3.63, 3.8) is 0 Å². The minimum Gasteiger partial charge on any atom is -0.373 e. The summed E-state index contributed by atoms with van der Waals surface area (Å²) in [5, 5.41) is 19.0. The molecule has 2 aromatic rings. The summed E-state index contributed by atoms with van der Waals surface area (Å²) in [6.45, 7) is 0.123. The van der Waals surface area contributed by atoms with Crippen LogP contribution in [0, 0.1) is 21.7 Å². The molecule has 0 unspecified atom stereocenters. The molecule has 0 fully saturated rings. The molecule has 2 N–H and O–H groups in total. The zero-order valence-electron chi connectivity index (χ0n) is 8.98. The van der Waals surface area contributed by atoms with E-state index in [1.54, 1.807) is 0 Å². The highest BCUT2D eigenvalue weighted by Gasteiger charge is 2.14. The topological polar surface area (TPSA) is 83.8 Å². The summed E-state index contributed by atoms with van der Waals surface area (Å²) in [6.07, 6.45) is 1.25. The fourth-order valence-electron chi connectivity index (χ4n) is 1.39. The molecule has 0 atom stereocenters. The molecule has 0 saturated heterocycles. The molecule has 0 aliphatic rings. The van der Waals surface area contributed by atoms with Gasteiger partial charge in [0.2, 0.25) is 0 Å². The molecule has 6 nitrogen and oxygen atoms in total. The van der Waals surface area contributed by atoms with E-state index in [4.69, 9.17) is 0 Å². The van der Waals surface area contributed by atoms with Gasteiger partial charge in [0.05, 0.1) is 0 Å². The van der Waals surface area contributed by atoms with Crippen LogP contribution in [0.3, 0.4) is 0 Å². The molecule has 0 radical (unpaired) electrons. The monoisotopic (exact) mass is 254 g/mol. The number of nitrogens with one attached hydrogen (secondary N) is 2. The van der Waals surface area contributed by atoms with Crippen LogP contribution in [-0.2, 0) is 6.54 Å². The molecular formula is C10H8F2N4O2. The van der Waals surface area contributed by atoms with Crippen LogP contribution in [0.25, 0.3) is 0 Å². The molecule has 0 saturated carbocycles. The van der Waals surface area contributed by atoms with Gasteiger partial charge in [-0.15, -0.1) is 5.10 Å². The number of H-pyrrole nitrogens is 1. The molecule has 0 aliphatic carbocycles. The predicted octanol–water partition coefficient (Wildman–Crippen LogP) is 2.21. The number of nitro groups is 1. The van der Waals surface area contributed by atoms with Crippen LogP contribution in [0.5, 0.6) is 0 Å². The second-order valence-corrected chi connectivity index (χ2v) is 3.49. The molecule has 1 heterocycles. The molecule has 0 bridgehead atoms. The fourth-order valence-corrected chi connectivity index (χ4v) is 1.39. The lowest BCUT2D eigenvalue weighted by Crippen LogP contribution is -2.02. The number of hydrogen-bond donors (Lipinski definition) is 2. The Labute approximate surface area is 99.8 Å². The van der Waals surface area contributed by atoms with Gasteiger partial charge in [0.1, 0.15) is 6.20 Å². The Balaban J connectivity index is 2.09. The first-order valence-electron chi connectivity index (χ1n) is 4.93. The SMILES string of the molecule is O=[N+]([O-])c1[nH]ncc1NCc1ccc(F)c(F)c1. The van der Waals surface area contributed by atoms with Crippen molar-refractivity contribution in [2.45, 2.75) is 6.54 Å². The Hall–Kier alpha value is -2.51. The molecule has 0 aliphatic heterocycles. The molecule has 18 heavy (non-hydrogen) atoms. The van der Waals surface area contributed by atoms with Crippen LogP contribution in [-0.4, -0.2) is 15.1 Å². The summed E-state index contributed by atoms with van der Waals surface area (Å²) in [5.74, 6) is -2.18. The van der Waals surface area contributed by atoms with Gasteiger partial charge in [-0.25, -0.2) is 8.78 Å². The second kappa shape index (κ2) is 4.78. The summed E-state index contributed by atoms with van der Waals surface area (Å²) in [6, 6.07) is 3.40. The van der Waals surface area contributed by atoms with Crippen molar-refractivity contribution in [1.82, 2.24) is 10.2 Å². The van der Waals surface area contributed by atoms with Crippen molar-refractivity contribution in [2.75, 3.05) is 5.32 Å². The standard InChI is InChI=1S/C10H8F2N4O2/c11-7-2-1-6(3-8(7)12)4-13-9-5-14-15-10(9)16(17)18/h1-3,5,13H,4H2,(H,14,15). The molecule has 8 heteroatoms. The first-order chi connectivity index (χ1) is 8.58. The molecule has 94 valence electrons. The van der Waals surface area contributed by atoms with E-state index in [2.05, 4.69) is 15.5 Å². The highest BCUT2D eigenvalue weighted by atomic mass is 19.2. The summed E-state index contributed by atoms with van der Waals surface area (Å²) >= 11 is 0. The number of anilines is 1. The van der Waals surface area contributed by atoms with Gasteiger partial charge in [0.25, 0.3) is 0 Å². The van der Waals surface area contributed by atoms with E-state index >= 15 is 0 Å². The first-order valence-corrected chi connectivity index (χ1v) is 4.93. The van der Waals surface area contributed by atoms with Crippen molar-refractivity contribution < 1.29 is 13.7 Å². The van der Waals surface area contributed by atoms with Crippen molar-refractivity contribution in [3.05, 3.63) is 51.7 Å². The average Bonchev–Trinajstić information content (AvgIpc) is 2.79. The third-order valence-corrected chi connectivity index (χ3v) is 2.27. The Morgan fingerprint density at radius 2 is 2.17 bits per heavy atom. The van der Waals surface area contributed by atoms with Crippen molar-refractivity contribution in [3.8, 4) is 0 Å². The number of aromatic amines is 1. The van der Waals surface area contributed by atoms with Gasteiger partial charge in [-0.2, -0.15) is 0 Å². The number of halogens is 2. The summed E-state index contributed by atoms with van der Waals surface area (Å²) in [7, 11) is 0. The lowest BCUT2D eigenvalue weighted by molar-refractivity contribution is -0.388. The number of rotatable bonds is 4. The molecule has 0 amide bonds. The van der Waals surface area contributed by atoms with Crippen LogP contribution >= 0.6 is 0 Å². The van der Waals surface area contributed by atoms with Gasteiger partial charge in [-0.05, 0) is 22.6 Å². The third kappa shape index (κ3) is 2.42. The third-order valence-electron chi connectivity index (χ3n) is 2.27. The molecule has 1 aromatic heterocycles. The Bertz CT molecular complexity index is 585. The number of aromatic nitrogens is 2. The lowest BCUT2D eigenvalue weighted by atomic mass is 10.2. The highest BCUT2D eigenvalue weighted by molar-refractivity contribution is 5.55. The van der Waals surface area contributed by atoms with E-state index in [0.29, 0.717) is 5.56 Å². The summed E-state index contributed by atoms with van der Waals surface area (Å²) in [5.41, 5.74) is 0.647. The first kappa shape index (κ1) is 12.0. The molecule has 1 aromatic carbocycles. The summed E-state index contributed by atoms with van der Waals surface area (Å²) in [4.78, 5) is 9.95. The van der Waals surface area contributed by atoms with Gasteiger partial charge < -0.3 is 15.4 Å².